The lowest BCUT2D eigenvalue weighted by molar-refractivity contribution is 0.0924. The summed E-state index contributed by atoms with van der Waals surface area (Å²) in [6.45, 7) is 7.37. The van der Waals surface area contributed by atoms with Gasteiger partial charge in [0, 0.05) is 41.9 Å². The molecule has 0 fully saturated rings. The molecule has 0 radical (unpaired) electrons. The van der Waals surface area contributed by atoms with Crippen LogP contribution < -0.4 is 10.6 Å². The monoisotopic (exact) mass is 424 g/mol. The highest BCUT2D eigenvalue weighted by Crippen LogP contribution is 2.31. The molecule has 2 aromatic heterocycles. The van der Waals surface area contributed by atoms with Crippen LogP contribution in [0, 0.1) is 11.6 Å². The van der Waals surface area contributed by atoms with Crippen LogP contribution in [0.4, 0.5) is 20.2 Å². The molecule has 0 aliphatic rings. The molecule has 1 unspecified atom stereocenters. The third kappa shape index (κ3) is 5.29. The van der Waals surface area contributed by atoms with Gasteiger partial charge in [-0.1, -0.05) is 6.58 Å². The molecule has 8 heteroatoms. The summed E-state index contributed by atoms with van der Waals surface area (Å²) in [5.41, 5.74) is 2.78. The number of pyridine rings is 2. The first kappa shape index (κ1) is 22.0. The molecule has 3 aromatic rings. The number of amides is 1. The minimum atomic E-state index is -0.698. The predicted molar refractivity (Wildman–Crippen MR) is 116 cm³/mol. The molecule has 31 heavy (non-hydrogen) atoms. The third-order valence-corrected chi connectivity index (χ3v) is 4.46. The third-order valence-electron chi connectivity index (χ3n) is 4.46. The molecular weight excluding hydrogens is 402 g/mol. The van der Waals surface area contributed by atoms with Gasteiger partial charge >= 0.3 is 0 Å². The van der Waals surface area contributed by atoms with Crippen LogP contribution in [0.25, 0.3) is 16.8 Å². The van der Waals surface area contributed by atoms with Crippen molar-refractivity contribution in [3.8, 4) is 11.3 Å². The maximum atomic E-state index is 14.3. The predicted octanol–water partition coefficient (Wildman–Crippen LogP) is 4.31. The Morgan fingerprint density at radius 1 is 1.16 bits per heavy atom. The van der Waals surface area contributed by atoms with Crippen molar-refractivity contribution in [2.45, 2.75) is 20.0 Å². The van der Waals surface area contributed by atoms with E-state index >= 15 is 0 Å². The number of nitrogens with zero attached hydrogens (tertiary/aromatic N) is 2. The normalized spacial score (nSPS) is 11.6. The number of aliphatic hydroxyl groups is 1. The van der Waals surface area contributed by atoms with Gasteiger partial charge in [-0.25, -0.2) is 8.78 Å². The number of hydrogen-bond donors (Lipinski definition) is 3. The second-order valence-corrected chi connectivity index (χ2v) is 7.12. The van der Waals surface area contributed by atoms with Gasteiger partial charge in [-0.15, -0.1) is 0 Å². The smallest absolute Gasteiger partial charge is 0.255 e. The van der Waals surface area contributed by atoms with Gasteiger partial charge in [0.1, 0.15) is 11.6 Å². The standard InChI is InChI=1S/C23H22F2N4O2/c1-13(2)17-12-27-21(16-8-15(24)4-5-19(16)25)9-22(17)29-20-6-7-26-11-18(20)23(31)28-10-14(3)30/h4-9,11-12,14,30H,1,10H2,2-3H3,(H,28,31)(H,26,27,29). The SMILES string of the molecule is C=C(C)c1cnc(-c2cc(F)ccc2F)cc1Nc1ccncc1C(=O)NCC(C)O. The fourth-order valence-corrected chi connectivity index (χ4v) is 2.91. The number of nitrogens with one attached hydrogen (secondary N) is 2. The van der Waals surface area contributed by atoms with Crippen LogP contribution in [-0.4, -0.2) is 33.6 Å². The molecule has 3 rings (SSSR count). The summed E-state index contributed by atoms with van der Waals surface area (Å²) in [7, 11) is 0. The van der Waals surface area contributed by atoms with E-state index in [1.165, 1.54) is 18.6 Å². The summed E-state index contributed by atoms with van der Waals surface area (Å²) in [6, 6.07) is 6.33. The van der Waals surface area contributed by atoms with Crippen LogP contribution in [0.1, 0.15) is 29.8 Å². The van der Waals surface area contributed by atoms with Crippen LogP contribution in [-0.2, 0) is 0 Å². The topological polar surface area (TPSA) is 87.1 Å². The van der Waals surface area contributed by atoms with Crippen molar-refractivity contribution in [1.29, 1.82) is 0 Å². The van der Waals surface area contributed by atoms with E-state index in [0.29, 0.717) is 22.5 Å². The van der Waals surface area contributed by atoms with Crippen molar-refractivity contribution in [2.75, 3.05) is 11.9 Å². The zero-order valence-corrected chi connectivity index (χ0v) is 17.1. The number of carbonyl (C=O) groups is 1. The van der Waals surface area contributed by atoms with Gasteiger partial charge in [-0.3, -0.25) is 14.8 Å². The lowest BCUT2D eigenvalue weighted by Gasteiger charge is -2.16. The minimum absolute atomic E-state index is 0.0148. The van der Waals surface area contributed by atoms with Crippen LogP contribution in [0.5, 0.6) is 0 Å². The van der Waals surface area contributed by atoms with Gasteiger partial charge in [0.2, 0.25) is 0 Å². The molecule has 0 aliphatic carbocycles. The fourth-order valence-electron chi connectivity index (χ4n) is 2.91. The van der Waals surface area contributed by atoms with Gasteiger partial charge in [-0.2, -0.15) is 0 Å². The van der Waals surface area contributed by atoms with E-state index in [0.717, 1.165) is 18.2 Å². The molecule has 0 saturated heterocycles. The number of aromatic nitrogens is 2. The maximum Gasteiger partial charge on any atom is 0.255 e. The van der Waals surface area contributed by atoms with Crippen molar-refractivity contribution >= 4 is 22.9 Å². The summed E-state index contributed by atoms with van der Waals surface area (Å²) in [4.78, 5) is 20.8. The summed E-state index contributed by atoms with van der Waals surface area (Å²) in [5, 5.41) is 15.2. The fraction of sp³-hybridized carbons (Fsp3) is 0.174. The average Bonchev–Trinajstić information content (AvgIpc) is 2.74. The van der Waals surface area contributed by atoms with Crippen LogP contribution in [0.2, 0.25) is 0 Å². The van der Waals surface area contributed by atoms with Crippen LogP contribution >= 0.6 is 0 Å². The van der Waals surface area contributed by atoms with E-state index in [1.54, 1.807) is 26.0 Å². The second-order valence-electron chi connectivity index (χ2n) is 7.12. The van der Waals surface area contributed by atoms with Crippen LogP contribution in [0.15, 0.2) is 55.5 Å². The second kappa shape index (κ2) is 9.44. The zero-order valence-electron chi connectivity index (χ0n) is 17.1. The Labute approximate surface area is 178 Å². The van der Waals surface area contributed by atoms with E-state index in [2.05, 4.69) is 27.2 Å². The average molecular weight is 424 g/mol. The number of halogens is 2. The molecule has 1 amide bonds. The Morgan fingerprint density at radius 3 is 2.65 bits per heavy atom. The summed E-state index contributed by atoms with van der Waals surface area (Å²) < 4.78 is 27.9. The van der Waals surface area contributed by atoms with Gasteiger partial charge < -0.3 is 15.7 Å². The minimum Gasteiger partial charge on any atom is -0.392 e. The van der Waals surface area contributed by atoms with Crippen LogP contribution in [0.3, 0.4) is 0 Å². The first-order valence-corrected chi connectivity index (χ1v) is 9.55. The molecule has 0 spiro atoms. The molecule has 1 aromatic carbocycles. The highest BCUT2D eigenvalue weighted by atomic mass is 19.1. The van der Waals surface area contributed by atoms with Gasteiger partial charge in [0.05, 0.1) is 23.0 Å². The zero-order chi connectivity index (χ0) is 22.5. The lowest BCUT2D eigenvalue weighted by atomic mass is 10.0. The van der Waals surface area contributed by atoms with Crippen molar-refractivity contribution in [3.63, 3.8) is 0 Å². The molecule has 3 N–H and O–H groups in total. The van der Waals surface area contributed by atoms with Gasteiger partial charge in [-0.05, 0) is 49.8 Å². The Morgan fingerprint density at radius 2 is 1.94 bits per heavy atom. The summed E-state index contributed by atoms with van der Waals surface area (Å²) in [5.74, 6) is -1.60. The van der Waals surface area contributed by atoms with E-state index in [-0.39, 0.29) is 23.4 Å². The van der Waals surface area contributed by atoms with Crippen molar-refractivity contribution in [1.82, 2.24) is 15.3 Å². The number of allylic oxidation sites excluding steroid dienone is 1. The molecular formula is C23H22F2N4O2. The maximum absolute atomic E-state index is 14.3. The van der Waals surface area contributed by atoms with Crippen molar-refractivity contribution in [3.05, 3.63) is 78.3 Å². The first-order chi connectivity index (χ1) is 14.8. The number of aliphatic hydroxyl groups excluding tert-OH is 1. The van der Waals surface area contributed by atoms with Gasteiger partial charge in [0.25, 0.3) is 5.91 Å². The molecule has 160 valence electrons. The Bertz CT molecular complexity index is 1130. The number of benzene rings is 1. The van der Waals surface area contributed by atoms with E-state index in [1.807, 2.05) is 0 Å². The number of anilines is 2. The van der Waals surface area contributed by atoms with Crippen molar-refractivity contribution < 1.29 is 18.7 Å². The number of rotatable bonds is 7. The molecule has 0 bridgehead atoms. The highest BCUT2D eigenvalue weighted by molar-refractivity contribution is 6.00. The summed E-state index contributed by atoms with van der Waals surface area (Å²) >= 11 is 0. The number of hydrogen-bond acceptors (Lipinski definition) is 5. The lowest BCUT2D eigenvalue weighted by Crippen LogP contribution is -2.31. The molecule has 0 aliphatic heterocycles. The van der Waals surface area contributed by atoms with E-state index in [9.17, 15) is 18.7 Å². The Balaban J connectivity index is 2.02. The molecule has 1 atom stereocenters. The van der Waals surface area contributed by atoms with E-state index in [4.69, 9.17) is 0 Å². The Hall–Kier alpha value is -3.65. The molecule has 6 nitrogen and oxygen atoms in total. The Kier molecular flexibility index (Phi) is 6.71. The molecule has 0 saturated carbocycles. The summed E-state index contributed by atoms with van der Waals surface area (Å²) in [6.07, 6.45) is 3.73. The van der Waals surface area contributed by atoms with E-state index < -0.39 is 23.6 Å². The van der Waals surface area contributed by atoms with Gasteiger partial charge in [0.15, 0.2) is 0 Å². The van der Waals surface area contributed by atoms with Crippen molar-refractivity contribution in [2.24, 2.45) is 0 Å². The first-order valence-electron chi connectivity index (χ1n) is 9.55. The molecule has 2 heterocycles. The highest BCUT2D eigenvalue weighted by Gasteiger charge is 2.16. The number of carbonyl (C=O) groups excluding carboxylic acids is 1. The largest absolute Gasteiger partial charge is 0.392 e. The quantitative estimate of drug-likeness (QED) is 0.526.